The molecule has 2 N–H and O–H groups in total. The standard InChI is InChI=1S/C14H17N3O2S/c1-2-12(9-15)20(18,19)17-8-7-11-10-16-14-6-4-3-5-13(11)14/h3-6,10,12,16-17H,2,7-8H2,1H3. The molecule has 0 spiro atoms. The highest BCUT2D eigenvalue weighted by Gasteiger charge is 2.22. The number of hydrogen-bond acceptors (Lipinski definition) is 3. The molecule has 0 saturated heterocycles. The van der Waals surface area contributed by atoms with E-state index in [1.807, 2.05) is 36.5 Å². The second kappa shape index (κ2) is 6.07. The van der Waals surface area contributed by atoms with Gasteiger partial charge in [0.15, 0.2) is 5.25 Å². The minimum Gasteiger partial charge on any atom is -0.361 e. The highest BCUT2D eigenvalue weighted by molar-refractivity contribution is 7.90. The van der Waals surface area contributed by atoms with E-state index in [4.69, 9.17) is 5.26 Å². The maximum Gasteiger partial charge on any atom is 0.227 e. The van der Waals surface area contributed by atoms with Gasteiger partial charge in [0.1, 0.15) is 0 Å². The zero-order valence-corrected chi connectivity index (χ0v) is 12.1. The van der Waals surface area contributed by atoms with Gasteiger partial charge >= 0.3 is 0 Å². The van der Waals surface area contributed by atoms with E-state index in [-0.39, 0.29) is 0 Å². The van der Waals surface area contributed by atoms with Gasteiger partial charge in [-0.15, -0.1) is 0 Å². The molecule has 20 heavy (non-hydrogen) atoms. The van der Waals surface area contributed by atoms with Crippen LogP contribution in [0.2, 0.25) is 0 Å². The van der Waals surface area contributed by atoms with Crippen LogP contribution in [-0.2, 0) is 16.4 Å². The molecular formula is C14H17N3O2S. The number of aromatic amines is 1. The monoisotopic (exact) mass is 291 g/mol. The number of nitriles is 1. The second-order valence-electron chi connectivity index (χ2n) is 4.57. The fourth-order valence-corrected chi connectivity index (χ4v) is 3.31. The summed E-state index contributed by atoms with van der Waals surface area (Å²) < 4.78 is 26.2. The largest absolute Gasteiger partial charge is 0.361 e. The molecule has 0 aliphatic carbocycles. The van der Waals surface area contributed by atoms with Crippen molar-refractivity contribution in [2.24, 2.45) is 0 Å². The minimum absolute atomic E-state index is 0.291. The fourth-order valence-electron chi connectivity index (χ4n) is 2.15. The molecule has 1 atom stereocenters. The smallest absolute Gasteiger partial charge is 0.227 e. The van der Waals surface area contributed by atoms with Gasteiger partial charge in [0.25, 0.3) is 0 Å². The first-order valence-corrected chi connectivity index (χ1v) is 8.06. The van der Waals surface area contributed by atoms with Gasteiger partial charge in [0.05, 0.1) is 6.07 Å². The van der Waals surface area contributed by atoms with Crippen LogP contribution in [-0.4, -0.2) is 25.2 Å². The molecule has 0 radical (unpaired) electrons. The number of benzene rings is 1. The molecule has 106 valence electrons. The molecule has 0 bridgehead atoms. The Morgan fingerprint density at radius 1 is 1.40 bits per heavy atom. The van der Waals surface area contributed by atoms with Crippen LogP contribution >= 0.6 is 0 Å². The Kier molecular flexibility index (Phi) is 4.42. The zero-order chi connectivity index (χ0) is 14.6. The third-order valence-corrected chi connectivity index (χ3v) is 5.06. The third kappa shape index (κ3) is 3.00. The summed E-state index contributed by atoms with van der Waals surface area (Å²) in [6.45, 7) is 1.98. The molecule has 0 saturated carbocycles. The molecule has 1 aromatic heterocycles. The molecule has 2 rings (SSSR count). The number of para-hydroxylation sites is 1. The van der Waals surface area contributed by atoms with E-state index in [9.17, 15) is 8.42 Å². The lowest BCUT2D eigenvalue weighted by Gasteiger charge is -2.09. The van der Waals surface area contributed by atoms with E-state index in [2.05, 4.69) is 9.71 Å². The van der Waals surface area contributed by atoms with Crippen molar-refractivity contribution in [2.75, 3.05) is 6.54 Å². The molecule has 1 unspecified atom stereocenters. The predicted molar refractivity (Wildman–Crippen MR) is 78.6 cm³/mol. The zero-order valence-electron chi connectivity index (χ0n) is 11.3. The van der Waals surface area contributed by atoms with Crippen molar-refractivity contribution in [3.05, 3.63) is 36.0 Å². The number of hydrogen-bond donors (Lipinski definition) is 2. The van der Waals surface area contributed by atoms with E-state index in [0.717, 1.165) is 16.5 Å². The van der Waals surface area contributed by atoms with E-state index >= 15 is 0 Å². The van der Waals surface area contributed by atoms with E-state index in [1.54, 1.807) is 6.92 Å². The van der Waals surface area contributed by atoms with E-state index in [0.29, 0.717) is 19.4 Å². The maximum atomic E-state index is 11.8. The van der Waals surface area contributed by atoms with Gasteiger partial charge < -0.3 is 4.98 Å². The summed E-state index contributed by atoms with van der Waals surface area (Å²) in [5.74, 6) is 0. The summed E-state index contributed by atoms with van der Waals surface area (Å²) >= 11 is 0. The lowest BCUT2D eigenvalue weighted by Crippen LogP contribution is -2.34. The number of H-pyrrole nitrogens is 1. The molecule has 2 aromatic rings. The first-order valence-electron chi connectivity index (χ1n) is 6.51. The van der Waals surface area contributed by atoms with Crippen molar-refractivity contribution in [2.45, 2.75) is 25.0 Å². The average molecular weight is 291 g/mol. The van der Waals surface area contributed by atoms with Crippen LogP contribution in [0.1, 0.15) is 18.9 Å². The maximum absolute atomic E-state index is 11.8. The Bertz CT molecular complexity index is 728. The highest BCUT2D eigenvalue weighted by atomic mass is 32.2. The minimum atomic E-state index is -3.55. The SMILES string of the molecule is CCC(C#N)S(=O)(=O)NCCc1c[nH]c2ccccc12. The summed E-state index contributed by atoms with van der Waals surface area (Å²) in [6.07, 6.45) is 2.77. The van der Waals surface area contributed by atoms with E-state index in [1.165, 1.54) is 0 Å². The van der Waals surface area contributed by atoms with Gasteiger partial charge in [-0.3, -0.25) is 0 Å². The number of nitrogens with one attached hydrogen (secondary N) is 2. The van der Waals surface area contributed by atoms with Gasteiger partial charge in [-0.05, 0) is 24.5 Å². The van der Waals surface area contributed by atoms with Crippen molar-refractivity contribution in [1.82, 2.24) is 9.71 Å². The Balaban J connectivity index is 2.02. The van der Waals surface area contributed by atoms with Crippen LogP contribution in [0.25, 0.3) is 10.9 Å². The van der Waals surface area contributed by atoms with Crippen LogP contribution < -0.4 is 4.72 Å². The molecule has 0 fully saturated rings. The molecule has 5 nitrogen and oxygen atoms in total. The Morgan fingerprint density at radius 3 is 2.85 bits per heavy atom. The third-order valence-electron chi connectivity index (χ3n) is 3.26. The van der Waals surface area contributed by atoms with Gasteiger partial charge in [0, 0.05) is 23.6 Å². The van der Waals surface area contributed by atoms with Crippen LogP contribution in [0, 0.1) is 11.3 Å². The molecule has 0 aliphatic heterocycles. The Morgan fingerprint density at radius 2 is 2.15 bits per heavy atom. The Hall–Kier alpha value is -1.84. The number of aromatic nitrogens is 1. The van der Waals surface area contributed by atoms with Gasteiger partial charge in [-0.2, -0.15) is 5.26 Å². The van der Waals surface area contributed by atoms with Crippen LogP contribution in [0.3, 0.4) is 0 Å². The summed E-state index contributed by atoms with van der Waals surface area (Å²) in [4.78, 5) is 3.15. The quantitative estimate of drug-likeness (QED) is 0.852. The van der Waals surface area contributed by atoms with E-state index < -0.39 is 15.3 Å². The number of nitrogens with zero attached hydrogens (tertiary/aromatic N) is 1. The molecule has 0 aliphatic rings. The molecule has 0 amide bonds. The number of fused-ring (bicyclic) bond motifs is 1. The summed E-state index contributed by atoms with van der Waals surface area (Å²) in [5, 5.41) is 8.93. The number of sulfonamides is 1. The lowest BCUT2D eigenvalue weighted by atomic mass is 10.1. The first-order chi connectivity index (χ1) is 9.58. The van der Waals surface area contributed by atoms with Crippen molar-refractivity contribution in [3.8, 4) is 6.07 Å². The van der Waals surface area contributed by atoms with Crippen molar-refractivity contribution in [3.63, 3.8) is 0 Å². The molecular weight excluding hydrogens is 274 g/mol. The van der Waals surface area contributed by atoms with Crippen molar-refractivity contribution < 1.29 is 8.42 Å². The fraction of sp³-hybridized carbons (Fsp3) is 0.357. The van der Waals surface area contributed by atoms with Gasteiger partial charge in [-0.25, -0.2) is 13.1 Å². The summed E-state index contributed by atoms with van der Waals surface area (Å²) in [5.41, 5.74) is 2.10. The van der Waals surface area contributed by atoms with Gasteiger partial charge in [0.2, 0.25) is 10.0 Å². The van der Waals surface area contributed by atoms with Crippen LogP contribution in [0.5, 0.6) is 0 Å². The van der Waals surface area contributed by atoms with Gasteiger partial charge in [-0.1, -0.05) is 25.1 Å². The first kappa shape index (κ1) is 14.6. The lowest BCUT2D eigenvalue weighted by molar-refractivity contribution is 0.573. The topological polar surface area (TPSA) is 85.8 Å². The van der Waals surface area contributed by atoms with Crippen LogP contribution in [0.4, 0.5) is 0 Å². The number of rotatable bonds is 6. The second-order valence-corrected chi connectivity index (χ2v) is 6.52. The predicted octanol–water partition coefficient (Wildman–Crippen LogP) is 1.93. The Labute approximate surface area is 118 Å². The van der Waals surface area contributed by atoms with Crippen molar-refractivity contribution in [1.29, 1.82) is 5.26 Å². The summed E-state index contributed by atoms with van der Waals surface area (Å²) in [7, 11) is -3.55. The average Bonchev–Trinajstić information content (AvgIpc) is 2.83. The van der Waals surface area contributed by atoms with Crippen LogP contribution in [0.15, 0.2) is 30.5 Å². The molecule has 1 heterocycles. The van der Waals surface area contributed by atoms with Crippen molar-refractivity contribution >= 4 is 20.9 Å². The normalized spacial score (nSPS) is 13.2. The molecule has 1 aromatic carbocycles. The molecule has 6 heteroatoms. The summed E-state index contributed by atoms with van der Waals surface area (Å²) in [6, 6.07) is 9.69. The highest BCUT2D eigenvalue weighted by Crippen LogP contribution is 2.17.